The van der Waals surface area contributed by atoms with Crippen molar-refractivity contribution in [2.45, 2.75) is 380 Å². The smallest absolute Gasteiger partial charge is 0.306 e. The van der Waals surface area contributed by atoms with Crippen LogP contribution in [0.15, 0.2) is 24.3 Å². The average molecular weight is 1160 g/mol. The topological polar surface area (TPSA) is 114 Å². The third-order valence-corrected chi connectivity index (χ3v) is 17.3. The fourth-order valence-corrected chi connectivity index (χ4v) is 11.6. The molecule has 0 aliphatic rings. The normalized spacial score (nSPS) is 13.6. The molecule has 1 N–H and O–H groups in total. The third kappa shape index (κ3) is 62.8. The standard InChI is InChI=1S/C71H139N2O7P/c1-7-10-13-16-19-22-25-28-30-31-32-33-34-35-36-37-38-39-40-41-43-46-49-52-55-58-61-64-71(75)80-69(62-59-56-53-50-47-44-27-24-21-18-15-12-9-3)68(67-79-81(76,77)78-66-65-73(4,5)6)72-70(74)63-60-57-54-51-48-45-42-29-26-23-20-17-14-11-8-2/h23,26,59,62,68-69H,7-22,24-25,27-58,60-61,63-67H2,1-6H3,(H-,72,74,76,77)/b26-23-,62-59-. The molecule has 0 aliphatic heterocycles. The molecule has 0 aromatic heterocycles. The number of allylic oxidation sites excluding steroid dienone is 3. The number of nitrogens with one attached hydrogen (secondary N) is 1. The van der Waals surface area contributed by atoms with Crippen LogP contribution in [0.25, 0.3) is 0 Å². The van der Waals surface area contributed by atoms with Gasteiger partial charge in [0.2, 0.25) is 5.91 Å². The molecule has 81 heavy (non-hydrogen) atoms. The maximum Gasteiger partial charge on any atom is 0.306 e. The molecular weight excluding hydrogens is 1020 g/mol. The zero-order chi connectivity index (χ0) is 59.3. The van der Waals surface area contributed by atoms with Crippen LogP contribution in [0.3, 0.4) is 0 Å². The first-order valence-electron chi connectivity index (χ1n) is 35.6. The Labute approximate surface area is 504 Å². The number of esters is 1. The van der Waals surface area contributed by atoms with Crippen molar-refractivity contribution >= 4 is 19.7 Å². The van der Waals surface area contributed by atoms with Crippen molar-refractivity contribution in [3.8, 4) is 0 Å². The number of carbonyl (C=O) groups is 2. The van der Waals surface area contributed by atoms with E-state index in [-0.39, 0.29) is 31.5 Å². The van der Waals surface area contributed by atoms with Crippen LogP contribution in [0.4, 0.5) is 0 Å². The van der Waals surface area contributed by atoms with Crippen molar-refractivity contribution in [1.82, 2.24) is 5.32 Å². The van der Waals surface area contributed by atoms with E-state index in [1.807, 2.05) is 33.3 Å². The fourth-order valence-electron chi connectivity index (χ4n) is 10.9. The maximum atomic E-state index is 13.6. The van der Waals surface area contributed by atoms with Gasteiger partial charge in [-0.3, -0.25) is 14.2 Å². The number of nitrogens with zero attached hydrogens (tertiary/aromatic N) is 1. The molecule has 10 heteroatoms. The summed E-state index contributed by atoms with van der Waals surface area (Å²) in [4.78, 5) is 40.1. The fraction of sp³-hybridized carbons (Fsp3) is 0.915. The minimum Gasteiger partial charge on any atom is -0.756 e. The molecule has 1 amide bonds. The molecule has 0 fully saturated rings. The van der Waals surface area contributed by atoms with Gasteiger partial charge in [0.1, 0.15) is 19.3 Å². The molecule has 0 heterocycles. The third-order valence-electron chi connectivity index (χ3n) is 16.4. The van der Waals surface area contributed by atoms with Crippen LogP contribution in [-0.2, 0) is 27.9 Å². The lowest BCUT2D eigenvalue weighted by molar-refractivity contribution is -0.870. The van der Waals surface area contributed by atoms with Crippen molar-refractivity contribution in [3.05, 3.63) is 24.3 Å². The number of quaternary nitrogens is 1. The summed E-state index contributed by atoms with van der Waals surface area (Å²) >= 11 is 0. The lowest BCUT2D eigenvalue weighted by atomic mass is 10.0. The summed E-state index contributed by atoms with van der Waals surface area (Å²) in [5.74, 6) is -0.525. The number of carbonyl (C=O) groups excluding carboxylic acids is 2. The molecule has 0 aromatic carbocycles. The zero-order valence-electron chi connectivity index (χ0n) is 55.0. The Bertz CT molecular complexity index is 1430. The van der Waals surface area contributed by atoms with Gasteiger partial charge in [0.05, 0.1) is 33.8 Å². The van der Waals surface area contributed by atoms with Crippen molar-refractivity contribution < 1.29 is 37.3 Å². The van der Waals surface area contributed by atoms with Gasteiger partial charge in [-0.2, -0.15) is 0 Å². The van der Waals surface area contributed by atoms with Gasteiger partial charge >= 0.3 is 5.97 Å². The van der Waals surface area contributed by atoms with Gasteiger partial charge in [-0.05, 0) is 57.4 Å². The second-order valence-electron chi connectivity index (χ2n) is 25.7. The Morgan fingerprint density at radius 3 is 1.06 bits per heavy atom. The van der Waals surface area contributed by atoms with E-state index in [0.29, 0.717) is 17.4 Å². The SMILES string of the molecule is CCCCCC/C=C\CCCCCCCCCC(=O)NC(COP(=O)([O-])OCC[N+](C)(C)C)C(/C=C\CCCCCCCCCCCCC)OC(=O)CCCCCCCCCCCCCCCCCCCCCCCCCCCCC. The highest BCUT2D eigenvalue weighted by molar-refractivity contribution is 7.45. The number of phosphoric acid groups is 1. The number of rotatable bonds is 66. The molecule has 0 saturated heterocycles. The summed E-state index contributed by atoms with van der Waals surface area (Å²) in [6, 6.07) is -0.886. The number of amides is 1. The quantitative estimate of drug-likeness (QED) is 0.0212. The van der Waals surface area contributed by atoms with Crippen LogP contribution >= 0.6 is 7.82 Å². The highest BCUT2D eigenvalue weighted by atomic mass is 31.2. The van der Waals surface area contributed by atoms with Gasteiger partial charge in [0.25, 0.3) is 7.82 Å². The van der Waals surface area contributed by atoms with Crippen molar-refractivity contribution in [2.24, 2.45) is 0 Å². The minimum atomic E-state index is -4.70. The Morgan fingerprint density at radius 2 is 0.716 bits per heavy atom. The van der Waals surface area contributed by atoms with E-state index in [4.69, 9.17) is 13.8 Å². The van der Waals surface area contributed by atoms with E-state index < -0.39 is 20.0 Å². The van der Waals surface area contributed by atoms with E-state index in [2.05, 4.69) is 38.2 Å². The summed E-state index contributed by atoms with van der Waals surface area (Å²) in [6.45, 7) is 6.89. The molecular formula is C71H139N2O7P. The van der Waals surface area contributed by atoms with Crippen LogP contribution in [0.2, 0.25) is 0 Å². The van der Waals surface area contributed by atoms with Crippen molar-refractivity contribution in [2.75, 3.05) is 40.9 Å². The van der Waals surface area contributed by atoms with Crippen LogP contribution < -0.4 is 10.2 Å². The number of hydrogen-bond donors (Lipinski definition) is 1. The highest BCUT2D eigenvalue weighted by Crippen LogP contribution is 2.38. The van der Waals surface area contributed by atoms with E-state index in [1.165, 1.54) is 263 Å². The highest BCUT2D eigenvalue weighted by Gasteiger charge is 2.27. The number of phosphoric ester groups is 1. The van der Waals surface area contributed by atoms with Gasteiger partial charge in [0.15, 0.2) is 0 Å². The maximum absolute atomic E-state index is 13.6. The Hall–Kier alpha value is -1.51. The van der Waals surface area contributed by atoms with Gasteiger partial charge in [0, 0.05) is 12.8 Å². The van der Waals surface area contributed by atoms with E-state index in [9.17, 15) is 19.0 Å². The zero-order valence-corrected chi connectivity index (χ0v) is 55.9. The van der Waals surface area contributed by atoms with Crippen LogP contribution in [-0.4, -0.2) is 69.4 Å². The summed E-state index contributed by atoms with van der Waals surface area (Å²) < 4.78 is 30.4. The van der Waals surface area contributed by atoms with Crippen LogP contribution in [0, 0.1) is 0 Å². The molecule has 3 atom stereocenters. The van der Waals surface area contributed by atoms with Gasteiger partial charge in [-0.1, -0.05) is 322 Å². The second-order valence-corrected chi connectivity index (χ2v) is 27.2. The molecule has 480 valence electrons. The van der Waals surface area contributed by atoms with E-state index >= 15 is 0 Å². The molecule has 9 nitrogen and oxygen atoms in total. The summed E-state index contributed by atoms with van der Waals surface area (Å²) in [5.41, 5.74) is 0. The molecule has 3 unspecified atom stereocenters. The molecule has 0 radical (unpaired) electrons. The van der Waals surface area contributed by atoms with Crippen molar-refractivity contribution in [3.63, 3.8) is 0 Å². The molecule has 0 aromatic rings. The number of ether oxygens (including phenoxy) is 1. The predicted molar refractivity (Wildman–Crippen MR) is 349 cm³/mol. The lowest BCUT2D eigenvalue weighted by Crippen LogP contribution is -2.47. The first-order valence-corrected chi connectivity index (χ1v) is 37.1. The van der Waals surface area contributed by atoms with E-state index in [1.54, 1.807) is 0 Å². The lowest BCUT2D eigenvalue weighted by Gasteiger charge is -2.30. The Balaban J connectivity index is 4.98. The summed E-state index contributed by atoms with van der Waals surface area (Å²) in [7, 11) is 1.20. The number of hydrogen-bond acceptors (Lipinski definition) is 7. The molecule has 0 spiro atoms. The van der Waals surface area contributed by atoms with Crippen LogP contribution in [0.1, 0.15) is 367 Å². The minimum absolute atomic E-state index is 0.0194. The predicted octanol–water partition coefficient (Wildman–Crippen LogP) is 21.8. The number of likely N-dealkylation sites (N-methyl/N-ethyl adjacent to an activating group) is 1. The van der Waals surface area contributed by atoms with Crippen LogP contribution in [0.5, 0.6) is 0 Å². The Morgan fingerprint density at radius 1 is 0.420 bits per heavy atom. The number of unbranched alkanes of at least 4 members (excludes halogenated alkanes) is 48. The first kappa shape index (κ1) is 79.5. The molecule has 0 rings (SSSR count). The van der Waals surface area contributed by atoms with Crippen molar-refractivity contribution in [1.29, 1.82) is 0 Å². The molecule has 0 aliphatic carbocycles. The summed E-state index contributed by atoms with van der Waals surface area (Å²) in [5, 5.41) is 3.04. The van der Waals surface area contributed by atoms with Gasteiger partial charge in [-0.25, -0.2) is 0 Å². The monoisotopic (exact) mass is 1160 g/mol. The van der Waals surface area contributed by atoms with E-state index in [0.717, 1.165) is 70.6 Å². The average Bonchev–Trinajstić information content (AvgIpc) is 3.44. The molecule has 0 saturated carbocycles. The second kappa shape index (κ2) is 61.6. The van der Waals surface area contributed by atoms with Gasteiger partial charge in [-0.15, -0.1) is 0 Å². The van der Waals surface area contributed by atoms with Gasteiger partial charge < -0.3 is 28.5 Å². The first-order chi connectivity index (χ1) is 39.4. The molecule has 0 bridgehead atoms. The largest absolute Gasteiger partial charge is 0.756 e. The summed E-state index contributed by atoms with van der Waals surface area (Å²) in [6.07, 6.45) is 74.5. The Kier molecular flexibility index (Phi) is 60.4.